The number of carbonyl (C=O) groups excluding carboxylic acids is 2. The van der Waals surface area contributed by atoms with E-state index < -0.39 is 5.97 Å². The maximum absolute atomic E-state index is 11.7. The van der Waals surface area contributed by atoms with Gasteiger partial charge in [0.2, 0.25) is 0 Å². The third-order valence-corrected chi connectivity index (χ3v) is 4.00. The molecule has 0 aromatic heterocycles. The van der Waals surface area contributed by atoms with Gasteiger partial charge in [-0.3, -0.25) is 9.59 Å². The van der Waals surface area contributed by atoms with Crippen molar-refractivity contribution in [2.45, 2.75) is 58.5 Å². The van der Waals surface area contributed by atoms with Crippen molar-refractivity contribution in [1.29, 1.82) is 0 Å². The number of unbranched alkanes of at least 4 members (excludes halogenated alkanes) is 1. The van der Waals surface area contributed by atoms with Gasteiger partial charge in [-0.1, -0.05) is 49.0 Å². The van der Waals surface area contributed by atoms with E-state index in [1.165, 1.54) is 0 Å². The van der Waals surface area contributed by atoms with Crippen LogP contribution in [0, 0.1) is 0 Å². The first kappa shape index (κ1) is 19.8. The smallest absolute Gasteiger partial charge is 0.311 e. The van der Waals surface area contributed by atoms with Crippen molar-refractivity contribution < 1.29 is 19.1 Å². The lowest BCUT2D eigenvalue weighted by molar-refractivity contribution is -0.148. The van der Waals surface area contributed by atoms with Crippen molar-refractivity contribution in [3.63, 3.8) is 0 Å². The number of carbonyl (C=O) groups is 2. The van der Waals surface area contributed by atoms with Crippen LogP contribution in [0.3, 0.4) is 0 Å². The monoisotopic (exact) mass is 360 g/mol. The number of esters is 2. The van der Waals surface area contributed by atoms with Gasteiger partial charge in [0.05, 0.1) is 11.1 Å². The summed E-state index contributed by atoms with van der Waals surface area (Å²) in [5.74, 6) is -0.525. The fourth-order valence-corrected chi connectivity index (χ4v) is 2.28. The molecule has 0 amide bonds. The Labute approximate surface area is 147 Å². The molecule has 128 valence electrons. The summed E-state index contributed by atoms with van der Waals surface area (Å²) in [4.78, 5) is 23.4. The van der Waals surface area contributed by atoms with Crippen LogP contribution < -0.4 is 4.74 Å². The summed E-state index contributed by atoms with van der Waals surface area (Å²) < 4.78 is 10.4. The van der Waals surface area contributed by atoms with Gasteiger partial charge in [-0.15, -0.1) is 0 Å². The van der Waals surface area contributed by atoms with Gasteiger partial charge in [0.25, 0.3) is 0 Å². The van der Waals surface area contributed by atoms with Crippen molar-refractivity contribution in [2.75, 3.05) is 0 Å². The predicted octanol–water partition coefficient (Wildman–Crippen LogP) is 5.19. The van der Waals surface area contributed by atoms with Crippen LogP contribution in [0.15, 0.2) is 18.2 Å². The molecular formula is C17H22Cl2O4. The second-order valence-electron chi connectivity index (χ2n) is 5.32. The molecule has 0 aliphatic rings. The summed E-state index contributed by atoms with van der Waals surface area (Å²) in [5.41, 5.74) is 0. The maximum Gasteiger partial charge on any atom is 0.311 e. The van der Waals surface area contributed by atoms with Gasteiger partial charge in [0.15, 0.2) is 5.75 Å². The standard InChI is InChI=1S/C17H22Cl2O4/c1-3-4-7-12(2)22-15(20)10-6-11-16(21)23-14-9-5-8-13(18)17(14)19/h5,8-9,12H,3-4,6-7,10-11H2,1-2H3. The molecule has 1 rings (SSSR count). The lowest BCUT2D eigenvalue weighted by Gasteiger charge is -2.12. The van der Waals surface area contributed by atoms with Crippen LogP contribution in [0.5, 0.6) is 5.75 Å². The third-order valence-electron chi connectivity index (χ3n) is 3.20. The molecule has 0 aliphatic heterocycles. The highest BCUT2D eigenvalue weighted by molar-refractivity contribution is 6.43. The fourth-order valence-electron chi connectivity index (χ4n) is 1.95. The van der Waals surface area contributed by atoms with Gasteiger partial charge in [0, 0.05) is 12.8 Å². The minimum Gasteiger partial charge on any atom is -0.463 e. The summed E-state index contributed by atoms with van der Waals surface area (Å²) in [6.45, 7) is 3.97. The molecule has 0 N–H and O–H groups in total. The van der Waals surface area contributed by atoms with E-state index in [9.17, 15) is 9.59 Å². The van der Waals surface area contributed by atoms with Crippen molar-refractivity contribution in [2.24, 2.45) is 0 Å². The molecule has 0 bridgehead atoms. The van der Waals surface area contributed by atoms with Gasteiger partial charge >= 0.3 is 11.9 Å². The maximum atomic E-state index is 11.7. The molecule has 0 saturated carbocycles. The lowest BCUT2D eigenvalue weighted by Crippen LogP contribution is -2.15. The van der Waals surface area contributed by atoms with Gasteiger partial charge in [-0.25, -0.2) is 0 Å². The fraction of sp³-hybridized carbons (Fsp3) is 0.529. The molecule has 0 fully saturated rings. The van der Waals surface area contributed by atoms with E-state index in [2.05, 4.69) is 6.92 Å². The summed E-state index contributed by atoms with van der Waals surface area (Å²) >= 11 is 11.8. The highest BCUT2D eigenvalue weighted by Gasteiger charge is 2.13. The summed E-state index contributed by atoms with van der Waals surface area (Å²) in [7, 11) is 0. The Morgan fingerprint density at radius 1 is 1.13 bits per heavy atom. The highest BCUT2D eigenvalue weighted by atomic mass is 35.5. The molecule has 1 atom stereocenters. The zero-order valence-corrected chi connectivity index (χ0v) is 15.0. The topological polar surface area (TPSA) is 52.6 Å². The van der Waals surface area contributed by atoms with Crippen LogP contribution in [0.4, 0.5) is 0 Å². The molecule has 0 heterocycles. The Morgan fingerprint density at radius 3 is 2.52 bits per heavy atom. The Hall–Kier alpha value is -1.26. The van der Waals surface area contributed by atoms with Gasteiger partial charge in [0.1, 0.15) is 5.02 Å². The molecule has 0 radical (unpaired) electrons. The second-order valence-corrected chi connectivity index (χ2v) is 6.11. The SMILES string of the molecule is CCCCC(C)OC(=O)CCCC(=O)Oc1cccc(Cl)c1Cl. The van der Waals surface area contributed by atoms with E-state index in [1.807, 2.05) is 6.92 Å². The van der Waals surface area contributed by atoms with E-state index in [0.29, 0.717) is 11.4 Å². The molecule has 1 aromatic carbocycles. The van der Waals surface area contributed by atoms with Gasteiger partial charge in [-0.2, -0.15) is 0 Å². The first-order valence-corrected chi connectivity index (χ1v) is 8.53. The largest absolute Gasteiger partial charge is 0.463 e. The summed E-state index contributed by atoms with van der Waals surface area (Å²) in [6, 6.07) is 4.82. The van der Waals surface area contributed by atoms with Gasteiger partial charge in [-0.05, 0) is 31.9 Å². The molecule has 4 nitrogen and oxygen atoms in total. The number of hydrogen-bond donors (Lipinski definition) is 0. The Bertz CT molecular complexity index is 531. The molecule has 0 spiro atoms. The molecule has 0 saturated heterocycles. The zero-order valence-electron chi connectivity index (χ0n) is 13.4. The van der Waals surface area contributed by atoms with Crippen LogP contribution in [0.25, 0.3) is 0 Å². The normalized spacial score (nSPS) is 11.8. The predicted molar refractivity (Wildman–Crippen MR) is 91.0 cm³/mol. The first-order chi connectivity index (χ1) is 10.9. The summed E-state index contributed by atoms with van der Waals surface area (Å²) in [6.07, 6.45) is 3.55. The average molecular weight is 361 g/mol. The van der Waals surface area contributed by atoms with Crippen LogP contribution in [-0.2, 0) is 14.3 Å². The van der Waals surface area contributed by atoms with Crippen LogP contribution in [-0.4, -0.2) is 18.0 Å². The average Bonchev–Trinajstić information content (AvgIpc) is 2.49. The van der Waals surface area contributed by atoms with Crippen molar-refractivity contribution in [1.82, 2.24) is 0 Å². The van der Waals surface area contributed by atoms with Crippen LogP contribution in [0.1, 0.15) is 52.4 Å². The number of halogens is 2. The number of rotatable bonds is 9. The van der Waals surface area contributed by atoms with E-state index in [1.54, 1.807) is 18.2 Å². The minimum atomic E-state index is -0.457. The quantitative estimate of drug-likeness (QED) is 0.449. The van der Waals surface area contributed by atoms with E-state index in [4.69, 9.17) is 32.7 Å². The highest BCUT2D eigenvalue weighted by Crippen LogP contribution is 2.31. The zero-order chi connectivity index (χ0) is 17.2. The molecule has 0 aliphatic carbocycles. The van der Waals surface area contributed by atoms with Crippen molar-refractivity contribution in [3.05, 3.63) is 28.2 Å². The number of benzene rings is 1. The minimum absolute atomic E-state index is 0.0836. The van der Waals surface area contributed by atoms with Crippen LogP contribution >= 0.6 is 23.2 Å². The number of ether oxygens (including phenoxy) is 2. The Kier molecular flexibility index (Phi) is 9.03. The Balaban J connectivity index is 2.28. The van der Waals surface area contributed by atoms with Crippen molar-refractivity contribution >= 4 is 35.1 Å². The molecule has 6 heteroatoms. The number of hydrogen-bond acceptors (Lipinski definition) is 4. The van der Waals surface area contributed by atoms with E-state index >= 15 is 0 Å². The second kappa shape index (κ2) is 10.5. The summed E-state index contributed by atoms with van der Waals surface area (Å²) in [5, 5.41) is 0.522. The lowest BCUT2D eigenvalue weighted by atomic mass is 10.2. The first-order valence-electron chi connectivity index (χ1n) is 7.78. The molecule has 1 aromatic rings. The van der Waals surface area contributed by atoms with Crippen LogP contribution in [0.2, 0.25) is 10.0 Å². The van der Waals surface area contributed by atoms with Gasteiger partial charge < -0.3 is 9.47 Å². The van der Waals surface area contributed by atoms with E-state index in [0.717, 1.165) is 19.3 Å². The third kappa shape index (κ3) is 7.71. The molecule has 1 unspecified atom stereocenters. The molecular weight excluding hydrogens is 339 g/mol. The molecule has 23 heavy (non-hydrogen) atoms. The van der Waals surface area contributed by atoms with E-state index in [-0.39, 0.29) is 35.7 Å². The van der Waals surface area contributed by atoms with Crippen molar-refractivity contribution in [3.8, 4) is 5.75 Å². The Morgan fingerprint density at radius 2 is 1.83 bits per heavy atom.